The minimum atomic E-state index is -0.0157. The summed E-state index contributed by atoms with van der Waals surface area (Å²) in [7, 11) is 1.57. The highest BCUT2D eigenvalue weighted by molar-refractivity contribution is 6.30. The van der Waals surface area contributed by atoms with Crippen LogP contribution in [0.25, 0.3) is 16.9 Å². The minimum absolute atomic E-state index is 0.0157. The van der Waals surface area contributed by atoms with E-state index in [1.54, 1.807) is 19.2 Å². The fraction of sp³-hybridized carbons (Fsp3) is 0.321. The van der Waals surface area contributed by atoms with Gasteiger partial charge in [0.1, 0.15) is 11.3 Å². The molecule has 0 radical (unpaired) electrons. The van der Waals surface area contributed by atoms with Crippen molar-refractivity contribution < 1.29 is 9.53 Å². The van der Waals surface area contributed by atoms with Crippen molar-refractivity contribution in [1.29, 1.82) is 0 Å². The second-order valence-corrected chi connectivity index (χ2v) is 9.95. The van der Waals surface area contributed by atoms with Gasteiger partial charge in [0.25, 0.3) is 5.91 Å². The van der Waals surface area contributed by atoms with E-state index >= 15 is 0 Å². The highest BCUT2D eigenvalue weighted by Gasteiger charge is 2.38. The fourth-order valence-electron chi connectivity index (χ4n) is 5.62. The molecule has 36 heavy (non-hydrogen) atoms. The molecule has 8 heteroatoms. The van der Waals surface area contributed by atoms with Crippen LogP contribution in [0.3, 0.4) is 0 Å². The average Bonchev–Trinajstić information content (AvgIpc) is 3.04. The zero-order valence-electron chi connectivity index (χ0n) is 20.2. The van der Waals surface area contributed by atoms with E-state index in [1.807, 2.05) is 53.4 Å². The number of pyridine rings is 2. The lowest BCUT2D eigenvalue weighted by atomic mass is 9.98. The number of fused-ring (bicyclic) bond motifs is 5. The minimum Gasteiger partial charge on any atom is -0.481 e. The Bertz CT molecular complexity index is 1400. The van der Waals surface area contributed by atoms with Gasteiger partial charge in [-0.2, -0.15) is 0 Å². The van der Waals surface area contributed by atoms with Gasteiger partial charge in [0.15, 0.2) is 0 Å². The number of piperidine rings is 1. The summed E-state index contributed by atoms with van der Waals surface area (Å²) in [5, 5.41) is 0.712. The number of nitrogens with zero attached hydrogens (tertiary/aromatic N) is 5. The molecule has 0 N–H and O–H groups in total. The first kappa shape index (κ1) is 23.0. The van der Waals surface area contributed by atoms with Gasteiger partial charge >= 0.3 is 0 Å². The Hall–Kier alpha value is -3.42. The zero-order valence-corrected chi connectivity index (χ0v) is 20.9. The number of hydrogen-bond acceptors (Lipinski definition) is 5. The Morgan fingerprint density at radius 2 is 1.83 bits per heavy atom. The molecule has 3 fully saturated rings. The van der Waals surface area contributed by atoms with Gasteiger partial charge < -0.3 is 14.0 Å². The number of benzene rings is 1. The highest BCUT2D eigenvalue weighted by Crippen LogP contribution is 2.33. The largest absolute Gasteiger partial charge is 0.481 e. The normalized spacial score (nSPS) is 20.0. The fourth-order valence-corrected chi connectivity index (χ4v) is 5.74. The Morgan fingerprint density at radius 3 is 2.67 bits per heavy atom. The van der Waals surface area contributed by atoms with Gasteiger partial charge in [-0.3, -0.25) is 9.69 Å². The third-order valence-electron chi connectivity index (χ3n) is 7.45. The number of rotatable bonds is 5. The Kier molecular flexibility index (Phi) is 6.11. The third-order valence-corrected chi connectivity index (χ3v) is 7.70. The molecule has 2 atom stereocenters. The van der Waals surface area contributed by atoms with Gasteiger partial charge in [0, 0.05) is 54.6 Å². The molecule has 3 aliphatic heterocycles. The second kappa shape index (κ2) is 9.56. The van der Waals surface area contributed by atoms with Crippen LogP contribution in [0.5, 0.6) is 5.88 Å². The molecule has 3 aromatic heterocycles. The average molecular weight is 502 g/mol. The number of carbonyl (C=O) groups is 1. The van der Waals surface area contributed by atoms with Gasteiger partial charge in [-0.15, -0.1) is 0 Å². The van der Waals surface area contributed by atoms with Gasteiger partial charge in [0.2, 0.25) is 5.88 Å². The molecular weight excluding hydrogens is 474 g/mol. The topological polar surface area (TPSA) is 63.0 Å². The molecule has 2 bridgehead atoms. The predicted octanol–water partition coefficient (Wildman–Crippen LogP) is 4.94. The van der Waals surface area contributed by atoms with Crippen LogP contribution >= 0.6 is 11.6 Å². The molecule has 2 unspecified atom stereocenters. The molecule has 7 rings (SSSR count). The van der Waals surface area contributed by atoms with Crippen molar-refractivity contribution in [3.05, 3.63) is 83.3 Å². The number of hydrogen-bond donors (Lipinski definition) is 0. The Morgan fingerprint density at radius 1 is 1.00 bits per heavy atom. The van der Waals surface area contributed by atoms with Gasteiger partial charge in [-0.1, -0.05) is 35.9 Å². The van der Waals surface area contributed by atoms with Crippen molar-refractivity contribution in [2.45, 2.75) is 37.9 Å². The summed E-state index contributed by atoms with van der Waals surface area (Å²) >= 11 is 6.16. The first-order valence-corrected chi connectivity index (χ1v) is 12.8. The molecule has 4 aromatic rings. The highest BCUT2D eigenvalue weighted by atomic mass is 35.5. The van der Waals surface area contributed by atoms with E-state index in [9.17, 15) is 4.79 Å². The summed E-state index contributed by atoms with van der Waals surface area (Å²) in [6.07, 6.45) is 5.11. The molecular formula is C28H28ClN5O2. The zero-order chi connectivity index (χ0) is 24.6. The Labute approximate surface area is 215 Å². The first-order valence-electron chi connectivity index (χ1n) is 12.4. The maximum atomic E-state index is 13.4. The molecule has 7 nitrogen and oxygen atoms in total. The Balaban J connectivity index is 1.29. The lowest BCUT2D eigenvalue weighted by Gasteiger charge is -2.38. The lowest BCUT2D eigenvalue weighted by molar-refractivity contribution is 0.0597. The van der Waals surface area contributed by atoms with Gasteiger partial charge in [0.05, 0.1) is 18.5 Å². The summed E-state index contributed by atoms with van der Waals surface area (Å²) < 4.78 is 7.42. The predicted molar refractivity (Wildman–Crippen MR) is 139 cm³/mol. The lowest BCUT2D eigenvalue weighted by Crippen LogP contribution is -2.48. The van der Waals surface area contributed by atoms with Crippen LogP contribution in [-0.4, -0.2) is 62.4 Å². The summed E-state index contributed by atoms with van der Waals surface area (Å²) in [4.78, 5) is 27.4. The van der Waals surface area contributed by atoms with Crippen LogP contribution in [0.4, 0.5) is 0 Å². The summed E-state index contributed by atoms with van der Waals surface area (Å²) in [6.45, 7) is 2.34. The molecule has 184 valence electrons. The number of carbonyl (C=O) groups excluding carboxylic acids is 1. The first-order chi connectivity index (χ1) is 17.6. The van der Waals surface area contributed by atoms with E-state index in [0.717, 1.165) is 61.5 Å². The molecule has 3 saturated heterocycles. The molecule has 3 aliphatic rings. The van der Waals surface area contributed by atoms with E-state index in [4.69, 9.17) is 21.3 Å². The summed E-state index contributed by atoms with van der Waals surface area (Å²) in [6, 6.07) is 19.9. The number of imidazole rings is 1. The van der Waals surface area contributed by atoms with E-state index in [1.165, 1.54) is 0 Å². The van der Waals surface area contributed by atoms with Crippen LogP contribution in [0, 0.1) is 0 Å². The monoisotopic (exact) mass is 501 g/mol. The maximum absolute atomic E-state index is 13.4. The molecule has 0 spiro atoms. The van der Waals surface area contributed by atoms with Crippen molar-refractivity contribution in [3.63, 3.8) is 0 Å². The maximum Gasteiger partial charge on any atom is 0.272 e. The van der Waals surface area contributed by atoms with E-state index in [-0.39, 0.29) is 11.9 Å². The quantitative estimate of drug-likeness (QED) is 0.387. The SMILES string of the molecule is COc1cccc(C(=O)N2CCC3CCC2CN3Cc2c(-c3ccc(Cl)cc3)nc3ccccn23)n1. The number of methoxy groups -OCH3 is 1. The van der Waals surface area contributed by atoms with Crippen molar-refractivity contribution in [2.75, 3.05) is 20.2 Å². The smallest absolute Gasteiger partial charge is 0.272 e. The molecule has 6 heterocycles. The van der Waals surface area contributed by atoms with Crippen LogP contribution in [0.2, 0.25) is 5.02 Å². The standard InChI is InChI=1S/C28H28ClN5O2/c1-36-26-7-4-5-23(30-26)28(35)33-16-14-21-12-13-22(33)17-32(21)18-24-27(19-8-10-20(29)11-9-19)31-25-6-2-3-15-34(24)25/h2-11,15,21-22H,12-14,16-18H2,1H3. The number of halogens is 1. The number of ether oxygens (including phenoxy) is 1. The van der Waals surface area contributed by atoms with Crippen LogP contribution < -0.4 is 4.74 Å². The summed E-state index contributed by atoms with van der Waals surface area (Å²) in [5.74, 6) is 0.446. The van der Waals surface area contributed by atoms with Crippen LogP contribution in [0.15, 0.2) is 66.9 Å². The van der Waals surface area contributed by atoms with Crippen molar-refractivity contribution in [1.82, 2.24) is 24.2 Å². The van der Waals surface area contributed by atoms with E-state index in [2.05, 4.69) is 20.5 Å². The third kappa shape index (κ3) is 4.22. The molecule has 0 aliphatic carbocycles. The van der Waals surface area contributed by atoms with Crippen molar-refractivity contribution >= 4 is 23.2 Å². The van der Waals surface area contributed by atoms with Gasteiger partial charge in [-0.25, -0.2) is 9.97 Å². The number of aromatic nitrogens is 3. The van der Waals surface area contributed by atoms with Crippen LogP contribution in [0.1, 0.15) is 35.4 Å². The summed E-state index contributed by atoms with van der Waals surface area (Å²) in [5.41, 5.74) is 4.56. The van der Waals surface area contributed by atoms with E-state index in [0.29, 0.717) is 22.6 Å². The van der Waals surface area contributed by atoms with Crippen LogP contribution in [-0.2, 0) is 6.54 Å². The second-order valence-electron chi connectivity index (χ2n) is 9.51. The van der Waals surface area contributed by atoms with Crippen molar-refractivity contribution in [2.24, 2.45) is 0 Å². The number of amides is 1. The molecule has 1 amide bonds. The molecule has 1 aromatic carbocycles. The molecule has 0 saturated carbocycles. The van der Waals surface area contributed by atoms with Crippen molar-refractivity contribution in [3.8, 4) is 17.1 Å². The van der Waals surface area contributed by atoms with E-state index < -0.39 is 0 Å². The van der Waals surface area contributed by atoms with Gasteiger partial charge in [-0.05, 0) is 49.6 Å².